The number of anilines is 1. The minimum atomic E-state index is -4.05. The van der Waals surface area contributed by atoms with Crippen molar-refractivity contribution in [1.29, 1.82) is 0 Å². The van der Waals surface area contributed by atoms with Gasteiger partial charge in [-0.25, -0.2) is 8.42 Å². The van der Waals surface area contributed by atoms with E-state index in [1.54, 1.807) is 18.2 Å². The molecule has 2 aromatic carbocycles. The van der Waals surface area contributed by atoms with E-state index in [9.17, 15) is 13.2 Å². The molecule has 8 heteroatoms. The standard InChI is InChI=1S/C25H32N2O5S/c1-16-9-17(2)11-20(10-16)27(15-25(28)26-22-13-18-5-6-19(22)12-18)33(29,30)21-7-8-23(31-3)24(14-21)32-4/h7-11,14,18-19,22H,5-6,12-13,15H2,1-4H3,(H,26,28)/t18-,19-,22+/m0/s1. The maximum absolute atomic E-state index is 13.8. The van der Waals surface area contributed by atoms with E-state index in [1.807, 2.05) is 19.9 Å². The Balaban J connectivity index is 1.67. The number of amides is 1. The Kier molecular flexibility index (Phi) is 6.56. The number of fused-ring (bicyclic) bond motifs is 2. The third-order valence-electron chi connectivity index (χ3n) is 6.81. The molecule has 0 radical (unpaired) electrons. The van der Waals surface area contributed by atoms with Crippen LogP contribution in [-0.2, 0) is 14.8 Å². The molecule has 0 spiro atoms. The largest absolute Gasteiger partial charge is 0.493 e. The number of hydrogen-bond donors (Lipinski definition) is 1. The van der Waals surface area contributed by atoms with E-state index < -0.39 is 10.0 Å². The lowest BCUT2D eigenvalue weighted by atomic mass is 9.95. The smallest absolute Gasteiger partial charge is 0.264 e. The summed E-state index contributed by atoms with van der Waals surface area (Å²) in [6.45, 7) is 3.54. The van der Waals surface area contributed by atoms with Gasteiger partial charge in [0.15, 0.2) is 11.5 Å². The lowest BCUT2D eigenvalue weighted by molar-refractivity contribution is -0.120. The number of rotatable bonds is 8. The van der Waals surface area contributed by atoms with Gasteiger partial charge in [0.05, 0.1) is 24.8 Å². The number of carbonyl (C=O) groups is 1. The van der Waals surface area contributed by atoms with Crippen LogP contribution in [0.15, 0.2) is 41.3 Å². The van der Waals surface area contributed by atoms with Gasteiger partial charge in [0.1, 0.15) is 6.54 Å². The van der Waals surface area contributed by atoms with Gasteiger partial charge in [-0.1, -0.05) is 12.5 Å². The molecule has 0 aromatic heterocycles. The van der Waals surface area contributed by atoms with E-state index in [-0.39, 0.29) is 23.4 Å². The summed E-state index contributed by atoms with van der Waals surface area (Å²) >= 11 is 0. The summed E-state index contributed by atoms with van der Waals surface area (Å²) in [7, 11) is -1.10. The van der Waals surface area contributed by atoms with E-state index >= 15 is 0 Å². The van der Waals surface area contributed by atoms with Crippen molar-refractivity contribution < 1.29 is 22.7 Å². The van der Waals surface area contributed by atoms with Gasteiger partial charge in [0.2, 0.25) is 5.91 Å². The molecule has 0 saturated heterocycles. The molecule has 2 aliphatic carbocycles. The zero-order chi connectivity index (χ0) is 23.8. The molecule has 0 unspecified atom stereocenters. The molecular formula is C25H32N2O5S. The van der Waals surface area contributed by atoms with Crippen molar-refractivity contribution in [2.75, 3.05) is 25.1 Å². The van der Waals surface area contributed by atoms with Crippen LogP contribution in [0, 0.1) is 25.7 Å². The first-order valence-corrected chi connectivity index (χ1v) is 12.8. The molecule has 3 atom stereocenters. The average Bonchev–Trinajstić information content (AvgIpc) is 3.39. The molecule has 1 N–H and O–H groups in total. The number of nitrogens with one attached hydrogen (secondary N) is 1. The summed E-state index contributed by atoms with van der Waals surface area (Å²) in [4.78, 5) is 13.1. The second kappa shape index (κ2) is 9.25. The van der Waals surface area contributed by atoms with Crippen LogP contribution < -0.4 is 19.1 Å². The zero-order valence-corrected chi connectivity index (χ0v) is 20.4. The van der Waals surface area contributed by atoms with Gasteiger partial charge in [-0.15, -0.1) is 0 Å². The van der Waals surface area contributed by atoms with Gasteiger partial charge in [0, 0.05) is 12.1 Å². The van der Waals surface area contributed by atoms with E-state index in [2.05, 4.69) is 5.32 Å². The Morgan fingerprint density at radius 3 is 2.27 bits per heavy atom. The van der Waals surface area contributed by atoms with Gasteiger partial charge in [-0.05, 0) is 80.3 Å². The van der Waals surface area contributed by atoms with Crippen LogP contribution in [0.25, 0.3) is 0 Å². The molecule has 2 aliphatic rings. The second-order valence-corrected chi connectivity index (χ2v) is 11.1. The van der Waals surface area contributed by atoms with Gasteiger partial charge in [0.25, 0.3) is 10.0 Å². The van der Waals surface area contributed by atoms with E-state index in [1.165, 1.54) is 37.1 Å². The van der Waals surface area contributed by atoms with Gasteiger partial charge in [-0.2, -0.15) is 0 Å². The number of sulfonamides is 1. The summed E-state index contributed by atoms with van der Waals surface area (Å²) in [5.74, 6) is 1.66. The monoisotopic (exact) mass is 472 g/mol. The molecule has 7 nitrogen and oxygen atoms in total. The molecule has 2 aromatic rings. The topological polar surface area (TPSA) is 84.9 Å². The molecule has 2 bridgehead atoms. The third-order valence-corrected chi connectivity index (χ3v) is 8.58. The maximum Gasteiger partial charge on any atom is 0.264 e. The molecule has 1 amide bonds. The van der Waals surface area contributed by atoms with E-state index in [4.69, 9.17) is 9.47 Å². The van der Waals surface area contributed by atoms with Crippen LogP contribution in [0.4, 0.5) is 5.69 Å². The van der Waals surface area contributed by atoms with Gasteiger partial charge in [-0.3, -0.25) is 9.10 Å². The molecule has 2 fully saturated rings. The van der Waals surface area contributed by atoms with Crippen molar-refractivity contribution in [3.8, 4) is 11.5 Å². The molecule has 0 aliphatic heterocycles. The zero-order valence-electron chi connectivity index (χ0n) is 19.6. The summed E-state index contributed by atoms with van der Waals surface area (Å²) in [5, 5.41) is 3.11. The fraction of sp³-hybridized carbons (Fsp3) is 0.480. The van der Waals surface area contributed by atoms with Crippen LogP contribution in [0.1, 0.15) is 36.8 Å². The first-order valence-electron chi connectivity index (χ1n) is 11.3. The van der Waals surface area contributed by atoms with Crippen LogP contribution in [0.2, 0.25) is 0 Å². The minimum Gasteiger partial charge on any atom is -0.493 e. The number of ether oxygens (including phenoxy) is 2. The average molecular weight is 473 g/mol. The SMILES string of the molecule is COc1ccc(S(=O)(=O)N(CC(=O)N[C@@H]2C[C@H]3CC[C@H]2C3)c2cc(C)cc(C)c2)cc1OC. The molecule has 2 saturated carbocycles. The van der Waals surface area contributed by atoms with Crippen LogP contribution in [0.5, 0.6) is 11.5 Å². The fourth-order valence-corrected chi connectivity index (χ4v) is 6.74. The predicted octanol–water partition coefficient (Wildman–Crippen LogP) is 3.82. The van der Waals surface area contributed by atoms with E-state index in [0.717, 1.165) is 30.4 Å². The van der Waals surface area contributed by atoms with E-state index in [0.29, 0.717) is 29.0 Å². The Morgan fingerprint density at radius 2 is 1.70 bits per heavy atom. The lowest BCUT2D eigenvalue weighted by Crippen LogP contribution is -2.46. The highest BCUT2D eigenvalue weighted by atomic mass is 32.2. The van der Waals surface area contributed by atoms with Crippen LogP contribution in [-0.4, -0.2) is 41.1 Å². The quantitative estimate of drug-likeness (QED) is 0.631. The summed E-state index contributed by atoms with van der Waals surface area (Å²) in [6, 6.07) is 10.1. The Morgan fingerprint density at radius 1 is 1.00 bits per heavy atom. The van der Waals surface area contributed by atoms with Crippen LogP contribution in [0.3, 0.4) is 0 Å². The number of nitrogens with zero attached hydrogens (tertiary/aromatic N) is 1. The van der Waals surface area contributed by atoms with Crippen LogP contribution >= 0.6 is 0 Å². The Bertz CT molecular complexity index is 1130. The second-order valence-electron chi connectivity index (χ2n) is 9.22. The Labute approximate surface area is 196 Å². The summed E-state index contributed by atoms with van der Waals surface area (Å²) in [5.41, 5.74) is 2.31. The van der Waals surface area contributed by atoms with Crippen molar-refractivity contribution in [2.45, 2.75) is 50.5 Å². The Hall–Kier alpha value is -2.74. The lowest BCUT2D eigenvalue weighted by Gasteiger charge is -2.28. The number of benzene rings is 2. The highest BCUT2D eigenvalue weighted by Crippen LogP contribution is 2.44. The predicted molar refractivity (Wildman–Crippen MR) is 127 cm³/mol. The van der Waals surface area contributed by atoms with Crippen molar-refractivity contribution in [1.82, 2.24) is 5.32 Å². The third kappa shape index (κ3) is 4.81. The molecular weight excluding hydrogens is 440 g/mol. The minimum absolute atomic E-state index is 0.0343. The molecule has 4 rings (SSSR count). The van der Waals surface area contributed by atoms with Gasteiger partial charge < -0.3 is 14.8 Å². The van der Waals surface area contributed by atoms with Crippen molar-refractivity contribution in [3.05, 3.63) is 47.5 Å². The number of methoxy groups -OCH3 is 2. The summed E-state index contributed by atoms with van der Waals surface area (Å²) in [6.07, 6.45) is 4.53. The first-order chi connectivity index (χ1) is 15.7. The molecule has 178 valence electrons. The number of carbonyl (C=O) groups excluding carboxylic acids is 1. The van der Waals surface area contributed by atoms with Crippen molar-refractivity contribution >= 4 is 21.6 Å². The van der Waals surface area contributed by atoms with Gasteiger partial charge >= 0.3 is 0 Å². The maximum atomic E-state index is 13.8. The first kappa shape index (κ1) is 23.4. The number of aryl methyl sites for hydroxylation is 2. The van der Waals surface area contributed by atoms with Crippen molar-refractivity contribution in [2.24, 2.45) is 11.8 Å². The normalized spacial score (nSPS) is 21.6. The van der Waals surface area contributed by atoms with Crippen molar-refractivity contribution in [3.63, 3.8) is 0 Å². The highest BCUT2D eigenvalue weighted by Gasteiger charge is 2.40. The molecule has 0 heterocycles. The highest BCUT2D eigenvalue weighted by molar-refractivity contribution is 7.92. The fourth-order valence-electron chi connectivity index (χ4n) is 5.32. The summed E-state index contributed by atoms with van der Waals surface area (Å²) < 4.78 is 39.3. The molecule has 33 heavy (non-hydrogen) atoms. The number of hydrogen-bond acceptors (Lipinski definition) is 5.